The molecule has 4 rings (SSSR count). The third-order valence-corrected chi connectivity index (χ3v) is 6.87. The van der Waals surface area contributed by atoms with E-state index in [1.54, 1.807) is 52.3 Å². The summed E-state index contributed by atoms with van der Waals surface area (Å²) in [7, 11) is 4.52. The molecule has 0 radical (unpaired) electrons. The Balaban J connectivity index is 1.51. The van der Waals surface area contributed by atoms with Crippen molar-refractivity contribution in [1.29, 1.82) is 0 Å². The van der Waals surface area contributed by atoms with Gasteiger partial charge in [-0.1, -0.05) is 47.5 Å². The van der Waals surface area contributed by atoms with Crippen molar-refractivity contribution in [3.63, 3.8) is 0 Å². The summed E-state index contributed by atoms with van der Waals surface area (Å²) in [6.07, 6.45) is 1.63. The smallest absolute Gasteiger partial charge is 0.254 e. The van der Waals surface area contributed by atoms with Gasteiger partial charge in [-0.25, -0.2) is 0 Å². The first kappa shape index (κ1) is 27.4. The van der Waals surface area contributed by atoms with E-state index in [0.29, 0.717) is 59.0 Å². The zero-order valence-corrected chi connectivity index (χ0v) is 22.9. The minimum atomic E-state index is -0.171. The number of halogens is 2. The van der Waals surface area contributed by atoms with Crippen LogP contribution in [-0.2, 0) is 4.79 Å². The maximum absolute atomic E-state index is 13.3. The number of amides is 2. The molecule has 7 nitrogen and oxygen atoms in total. The normalized spacial score (nSPS) is 13.1. The molecule has 0 aliphatic carbocycles. The van der Waals surface area contributed by atoms with E-state index in [4.69, 9.17) is 37.4 Å². The van der Waals surface area contributed by atoms with Crippen LogP contribution in [0.2, 0.25) is 10.0 Å². The average molecular weight is 555 g/mol. The van der Waals surface area contributed by atoms with Crippen LogP contribution in [0.1, 0.15) is 21.5 Å². The van der Waals surface area contributed by atoms with Crippen LogP contribution in [0.3, 0.4) is 0 Å². The van der Waals surface area contributed by atoms with Gasteiger partial charge in [0.2, 0.25) is 11.7 Å². The van der Waals surface area contributed by atoms with Crippen molar-refractivity contribution in [2.24, 2.45) is 0 Å². The lowest BCUT2D eigenvalue weighted by Gasteiger charge is -2.34. The molecule has 0 bridgehead atoms. The molecule has 0 aromatic heterocycles. The number of hydrogen-bond acceptors (Lipinski definition) is 5. The number of hydrogen-bond donors (Lipinski definition) is 0. The molecule has 0 unspecified atom stereocenters. The van der Waals surface area contributed by atoms with Crippen molar-refractivity contribution < 1.29 is 23.8 Å². The molecule has 0 saturated carbocycles. The van der Waals surface area contributed by atoms with Crippen molar-refractivity contribution in [2.45, 2.75) is 0 Å². The second kappa shape index (κ2) is 12.2. The fourth-order valence-electron chi connectivity index (χ4n) is 4.32. The van der Waals surface area contributed by atoms with E-state index in [1.807, 2.05) is 24.3 Å². The Hall–Kier alpha value is -3.68. The predicted molar refractivity (Wildman–Crippen MR) is 149 cm³/mol. The van der Waals surface area contributed by atoms with Crippen LogP contribution in [0.15, 0.2) is 66.7 Å². The highest BCUT2D eigenvalue weighted by molar-refractivity contribution is 6.31. The Kier molecular flexibility index (Phi) is 8.81. The maximum atomic E-state index is 13.3. The third kappa shape index (κ3) is 6.06. The topological polar surface area (TPSA) is 68.3 Å². The number of rotatable bonds is 7. The van der Waals surface area contributed by atoms with Gasteiger partial charge >= 0.3 is 0 Å². The highest BCUT2D eigenvalue weighted by Crippen LogP contribution is 2.38. The van der Waals surface area contributed by atoms with Crippen LogP contribution in [0.5, 0.6) is 17.2 Å². The molecule has 1 fully saturated rings. The van der Waals surface area contributed by atoms with Gasteiger partial charge in [0.25, 0.3) is 5.91 Å². The van der Waals surface area contributed by atoms with Gasteiger partial charge in [0.05, 0.1) is 21.3 Å². The summed E-state index contributed by atoms with van der Waals surface area (Å²) in [5.41, 5.74) is 2.91. The fraction of sp³-hybridized carbons (Fsp3) is 0.241. The number of benzene rings is 3. The average Bonchev–Trinajstić information content (AvgIpc) is 2.95. The number of piperazine rings is 1. The summed E-state index contributed by atoms with van der Waals surface area (Å²) in [4.78, 5) is 30.0. The molecule has 1 heterocycles. The Labute approximate surface area is 232 Å². The van der Waals surface area contributed by atoms with E-state index >= 15 is 0 Å². The molecule has 3 aromatic carbocycles. The zero-order chi connectivity index (χ0) is 27.2. The largest absolute Gasteiger partial charge is 0.493 e. The van der Waals surface area contributed by atoms with Crippen molar-refractivity contribution >= 4 is 40.6 Å². The number of ether oxygens (including phenoxy) is 3. The zero-order valence-electron chi connectivity index (χ0n) is 21.4. The Morgan fingerprint density at radius 3 is 1.55 bits per heavy atom. The van der Waals surface area contributed by atoms with E-state index in [-0.39, 0.29) is 11.8 Å². The van der Waals surface area contributed by atoms with Crippen LogP contribution in [-0.4, -0.2) is 69.1 Å². The molecule has 38 heavy (non-hydrogen) atoms. The Bertz CT molecular complexity index is 1260. The van der Waals surface area contributed by atoms with E-state index in [2.05, 4.69) is 0 Å². The molecule has 198 valence electrons. The SMILES string of the molecule is COc1cc(C(=O)N2CCN(C(=O)C=C(c3ccc(Cl)cc3)c3ccc(Cl)cc3)CC2)cc(OC)c1OC. The summed E-state index contributed by atoms with van der Waals surface area (Å²) in [6.45, 7) is 1.60. The quantitative estimate of drug-likeness (QED) is 0.364. The third-order valence-electron chi connectivity index (χ3n) is 6.37. The van der Waals surface area contributed by atoms with E-state index in [9.17, 15) is 9.59 Å². The molecule has 1 saturated heterocycles. The second-order valence-corrected chi connectivity index (χ2v) is 9.48. The van der Waals surface area contributed by atoms with Crippen molar-refractivity contribution in [1.82, 2.24) is 9.80 Å². The van der Waals surface area contributed by atoms with Crippen LogP contribution < -0.4 is 14.2 Å². The minimum absolute atomic E-state index is 0.134. The first-order valence-corrected chi connectivity index (χ1v) is 12.7. The maximum Gasteiger partial charge on any atom is 0.254 e. The molecule has 1 aliphatic heterocycles. The summed E-state index contributed by atoms with van der Waals surface area (Å²) in [5.74, 6) is 0.933. The van der Waals surface area contributed by atoms with Crippen LogP contribution in [0.25, 0.3) is 5.57 Å². The van der Waals surface area contributed by atoms with Gasteiger partial charge in [0.1, 0.15) is 0 Å². The summed E-state index contributed by atoms with van der Waals surface area (Å²) in [6, 6.07) is 17.9. The molecule has 2 amide bonds. The minimum Gasteiger partial charge on any atom is -0.493 e. The Morgan fingerprint density at radius 2 is 1.13 bits per heavy atom. The highest BCUT2D eigenvalue weighted by atomic mass is 35.5. The van der Waals surface area contributed by atoms with Crippen LogP contribution in [0.4, 0.5) is 0 Å². The first-order valence-electron chi connectivity index (χ1n) is 12.0. The number of carbonyl (C=O) groups excluding carboxylic acids is 2. The van der Waals surface area contributed by atoms with Gasteiger partial charge in [-0.15, -0.1) is 0 Å². The van der Waals surface area contributed by atoms with Gasteiger partial charge in [-0.3, -0.25) is 9.59 Å². The standard InChI is InChI=1S/C29H28Cl2N2O5/c1-36-25-16-21(17-26(37-2)28(25)38-3)29(35)33-14-12-32(13-15-33)27(34)18-24(19-4-8-22(30)9-5-19)20-6-10-23(31)11-7-20/h4-11,16-18H,12-15H2,1-3H3. The van der Waals surface area contributed by atoms with Crippen LogP contribution in [0, 0.1) is 0 Å². The van der Waals surface area contributed by atoms with E-state index in [0.717, 1.165) is 16.7 Å². The first-order chi connectivity index (χ1) is 18.3. The molecule has 0 atom stereocenters. The van der Waals surface area contributed by atoms with Gasteiger partial charge < -0.3 is 24.0 Å². The number of carbonyl (C=O) groups is 2. The molecule has 9 heteroatoms. The lowest BCUT2D eigenvalue weighted by molar-refractivity contribution is -0.127. The second-order valence-electron chi connectivity index (χ2n) is 8.60. The molecular weight excluding hydrogens is 527 g/mol. The van der Waals surface area contributed by atoms with Crippen molar-refractivity contribution in [3.8, 4) is 17.2 Å². The van der Waals surface area contributed by atoms with E-state index < -0.39 is 0 Å². The molecule has 0 N–H and O–H groups in total. The van der Waals surface area contributed by atoms with Gasteiger partial charge in [0, 0.05) is 47.9 Å². The summed E-state index contributed by atoms with van der Waals surface area (Å²) >= 11 is 12.2. The highest BCUT2D eigenvalue weighted by Gasteiger charge is 2.26. The molecular formula is C29H28Cl2N2O5. The van der Waals surface area contributed by atoms with Gasteiger partial charge in [0.15, 0.2) is 11.5 Å². The number of methoxy groups -OCH3 is 3. The monoisotopic (exact) mass is 554 g/mol. The van der Waals surface area contributed by atoms with Gasteiger partial charge in [-0.05, 0) is 53.1 Å². The molecule has 3 aromatic rings. The van der Waals surface area contributed by atoms with Crippen molar-refractivity contribution in [3.05, 3.63) is 93.5 Å². The number of nitrogens with zero attached hydrogens (tertiary/aromatic N) is 2. The fourth-order valence-corrected chi connectivity index (χ4v) is 4.58. The lowest BCUT2D eigenvalue weighted by atomic mass is 9.97. The van der Waals surface area contributed by atoms with E-state index in [1.165, 1.54) is 21.3 Å². The molecule has 1 aliphatic rings. The summed E-state index contributed by atoms with van der Waals surface area (Å²) in [5, 5.41) is 1.23. The molecule has 0 spiro atoms. The van der Waals surface area contributed by atoms with Crippen molar-refractivity contribution in [2.75, 3.05) is 47.5 Å². The lowest BCUT2D eigenvalue weighted by Crippen LogP contribution is -2.50. The Morgan fingerprint density at radius 1 is 0.684 bits per heavy atom. The summed E-state index contributed by atoms with van der Waals surface area (Å²) < 4.78 is 16.1. The van der Waals surface area contributed by atoms with Gasteiger partial charge in [-0.2, -0.15) is 0 Å². The van der Waals surface area contributed by atoms with Crippen LogP contribution >= 0.6 is 23.2 Å². The predicted octanol–water partition coefficient (Wildman–Crippen LogP) is 5.44.